The molecule has 0 aromatic heterocycles. The number of piperidine rings is 1. The fraction of sp³-hybridized carbons (Fsp3) is 0.375. The number of nitrogen functional groups attached to an aromatic ring is 1. The van der Waals surface area contributed by atoms with Crippen molar-refractivity contribution in [1.29, 1.82) is 5.41 Å². The highest BCUT2D eigenvalue weighted by Gasteiger charge is 2.21. The molecular formula is C24H34Cl2N4O3S. The number of nitrogens with two attached hydrogens (primary N) is 1. The summed E-state index contributed by atoms with van der Waals surface area (Å²) in [5.41, 5.74) is 8.56. The van der Waals surface area contributed by atoms with E-state index in [1.807, 2.05) is 43.3 Å². The minimum atomic E-state index is -3.47. The Balaban J connectivity index is 0.00000289. The number of rotatable bonds is 9. The fourth-order valence-corrected chi connectivity index (χ4v) is 4.81. The molecule has 0 atom stereocenters. The molecule has 0 spiro atoms. The molecule has 2 aromatic rings. The summed E-state index contributed by atoms with van der Waals surface area (Å²) in [7, 11) is -3.47. The average Bonchev–Trinajstić information content (AvgIpc) is 2.79. The van der Waals surface area contributed by atoms with Crippen molar-refractivity contribution in [1.82, 2.24) is 5.32 Å². The van der Waals surface area contributed by atoms with Gasteiger partial charge in [0, 0.05) is 5.56 Å². The maximum absolute atomic E-state index is 12.8. The Hall–Kier alpha value is -2.26. The van der Waals surface area contributed by atoms with Crippen LogP contribution in [0.15, 0.2) is 54.1 Å². The Bertz CT molecular complexity index is 1070. The van der Waals surface area contributed by atoms with Crippen molar-refractivity contribution in [2.75, 3.05) is 29.7 Å². The van der Waals surface area contributed by atoms with E-state index >= 15 is 0 Å². The molecule has 10 heteroatoms. The van der Waals surface area contributed by atoms with Crippen LogP contribution in [0, 0.1) is 5.41 Å². The normalized spacial score (nSPS) is 14.5. The molecule has 1 saturated heterocycles. The lowest BCUT2D eigenvalue weighted by Crippen LogP contribution is -2.34. The van der Waals surface area contributed by atoms with Gasteiger partial charge in [0.1, 0.15) is 17.7 Å². The SMILES string of the molecule is CCS(=O)(=O)N(CC(C)=Cc1cccc(C(=N)N)c1)c1ccc(OC2CCNCC2)cc1.Cl.Cl. The van der Waals surface area contributed by atoms with Gasteiger partial charge in [0.05, 0.1) is 18.0 Å². The first-order chi connectivity index (χ1) is 15.3. The van der Waals surface area contributed by atoms with E-state index in [9.17, 15) is 8.42 Å². The second-order valence-corrected chi connectivity index (χ2v) is 10.2. The quantitative estimate of drug-likeness (QED) is 0.333. The molecule has 1 aliphatic heterocycles. The molecule has 1 heterocycles. The van der Waals surface area contributed by atoms with Crippen LogP contribution in [0.25, 0.3) is 6.08 Å². The van der Waals surface area contributed by atoms with Crippen molar-refractivity contribution in [3.63, 3.8) is 0 Å². The highest BCUT2D eigenvalue weighted by Crippen LogP contribution is 2.25. The maximum atomic E-state index is 12.8. The predicted octanol–water partition coefficient (Wildman–Crippen LogP) is 4.20. The van der Waals surface area contributed by atoms with E-state index in [0.29, 0.717) is 11.3 Å². The Morgan fingerprint density at radius 3 is 2.41 bits per heavy atom. The second kappa shape index (κ2) is 13.6. The minimum absolute atomic E-state index is 0. The van der Waals surface area contributed by atoms with E-state index in [0.717, 1.165) is 42.8 Å². The summed E-state index contributed by atoms with van der Waals surface area (Å²) in [6, 6.07) is 14.6. The van der Waals surface area contributed by atoms with Gasteiger partial charge in [-0.1, -0.05) is 29.8 Å². The van der Waals surface area contributed by atoms with Crippen molar-refractivity contribution >= 4 is 52.4 Å². The summed E-state index contributed by atoms with van der Waals surface area (Å²) in [6.07, 6.45) is 4.03. The monoisotopic (exact) mass is 528 g/mol. The molecule has 0 saturated carbocycles. The third-order valence-electron chi connectivity index (χ3n) is 5.42. The molecule has 2 aromatic carbocycles. The van der Waals surface area contributed by atoms with Gasteiger partial charge in [-0.05, 0) is 75.7 Å². The van der Waals surface area contributed by atoms with Crippen LogP contribution in [-0.4, -0.2) is 45.7 Å². The minimum Gasteiger partial charge on any atom is -0.490 e. The van der Waals surface area contributed by atoms with Gasteiger partial charge in [0.25, 0.3) is 0 Å². The first-order valence-electron chi connectivity index (χ1n) is 10.9. The first kappa shape index (κ1) is 29.8. The Labute approximate surface area is 215 Å². The van der Waals surface area contributed by atoms with Crippen molar-refractivity contribution < 1.29 is 13.2 Å². The van der Waals surface area contributed by atoms with Gasteiger partial charge in [-0.2, -0.15) is 0 Å². The molecule has 4 N–H and O–H groups in total. The van der Waals surface area contributed by atoms with E-state index in [1.54, 1.807) is 25.1 Å². The highest BCUT2D eigenvalue weighted by atomic mass is 35.5. The van der Waals surface area contributed by atoms with Crippen molar-refractivity contribution in [2.45, 2.75) is 32.8 Å². The third-order valence-corrected chi connectivity index (χ3v) is 7.16. The molecule has 34 heavy (non-hydrogen) atoms. The molecule has 0 aliphatic carbocycles. The van der Waals surface area contributed by atoms with Crippen molar-refractivity contribution in [2.24, 2.45) is 5.73 Å². The van der Waals surface area contributed by atoms with E-state index < -0.39 is 10.0 Å². The molecule has 0 bridgehead atoms. The number of halogens is 2. The largest absolute Gasteiger partial charge is 0.490 e. The van der Waals surface area contributed by atoms with Crippen LogP contribution < -0.4 is 20.1 Å². The zero-order valence-electron chi connectivity index (χ0n) is 19.5. The summed E-state index contributed by atoms with van der Waals surface area (Å²) in [5.74, 6) is 0.760. The van der Waals surface area contributed by atoms with Crippen LogP contribution in [0.1, 0.15) is 37.8 Å². The standard InChI is InChI=1S/C24H32N4O3S.2ClH/c1-3-32(29,30)28(17-18(2)15-19-5-4-6-20(16-19)24(25)26)21-7-9-22(10-8-21)31-23-11-13-27-14-12-23;;/h4-10,15-16,23,27H,3,11-14,17H2,1-2H3,(H3,25,26);2*1H. The van der Waals surface area contributed by atoms with E-state index in [1.165, 1.54) is 4.31 Å². The molecular weight excluding hydrogens is 495 g/mol. The number of benzene rings is 2. The summed E-state index contributed by atoms with van der Waals surface area (Å²) < 4.78 is 33.2. The van der Waals surface area contributed by atoms with Crippen LogP contribution >= 0.6 is 24.8 Å². The number of ether oxygens (including phenoxy) is 1. The Kier molecular flexibility index (Phi) is 11.9. The number of amidine groups is 1. The van der Waals surface area contributed by atoms with E-state index in [2.05, 4.69) is 5.32 Å². The van der Waals surface area contributed by atoms with Gasteiger partial charge in [0.15, 0.2) is 0 Å². The predicted molar refractivity (Wildman–Crippen MR) is 145 cm³/mol. The summed E-state index contributed by atoms with van der Waals surface area (Å²) in [4.78, 5) is 0. The Morgan fingerprint density at radius 2 is 1.82 bits per heavy atom. The lowest BCUT2D eigenvalue weighted by atomic mass is 10.1. The molecule has 0 radical (unpaired) electrons. The molecule has 3 rings (SSSR count). The van der Waals surface area contributed by atoms with E-state index in [-0.39, 0.29) is 49.1 Å². The number of hydrogen-bond donors (Lipinski definition) is 3. The topological polar surface area (TPSA) is 109 Å². The van der Waals surface area contributed by atoms with Gasteiger partial charge in [-0.15, -0.1) is 24.8 Å². The summed E-state index contributed by atoms with van der Waals surface area (Å²) in [6.45, 7) is 5.67. The fourth-order valence-electron chi connectivity index (χ4n) is 3.66. The van der Waals surface area contributed by atoms with Gasteiger partial charge in [-0.25, -0.2) is 8.42 Å². The molecule has 7 nitrogen and oxygen atoms in total. The highest BCUT2D eigenvalue weighted by molar-refractivity contribution is 7.92. The molecule has 0 unspecified atom stereocenters. The smallest absolute Gasteiger partial charge is 0.235 e. The third kappa shape index (κ3) is 8.20. The van der Waals surface area contributed by atoms with Crippen LogP contribution in [0.2, 0.25) is 0 Å². The number of nitrogens with zero attached hydrogens (tertiary/aromatic N) is 1. The van der Waals surface area contributed by atoms with Crippen LogP contribution in [-0.2, 0) is 10.0 Å². The van der Waals surface area contributed by atoms with Gasteiger partial charge < -0.3 is 15.8 Å². The lowest BCUT2D eigenvalue weighted by Gasteiger charge is -2.26. The van der Waals surface area contributed by atoms with Crippen molar-refractivity contribution in [3.05, 3.63) is 65.2 Å². The molecule has 188 valence electrons. The summed E-state index contributed by atoms with van der Waals surface area (Å²) >= 11 is 0. The van der Waals surface area contributed by atoms with Crippen LogP contribution in [0.5, 0.6) is 5.75 Å². The van der Waals surface area contributed by atoms with Crippen LogP contribution in [0.4, 0.5) is 5.69 Å². The average molecular weight is 530 g/mol. The number of hydrogen-bond acceptors (Lipinski definition) is 5. The first-order valence-corrected chi connectivity index (χ1v) is 12.5. The number of sulfonamides is 1. The molecule has 0 amide bonds. The maximum Gasteiger partial charge on any atom is 0.235 e. The number of nitrogens with one attached hydrogen (secondary N) is 2. The molecule has 1 aliphatic rings. The summed E-state index contributed by atoms with van der Waals surface area (Å²) in [5, 5.41) is 10.9. The van der Waals surface area contributed by atoms with Gasteiger partial charge >= 0.3 is 0 Å². The van der Waals surface area contributed by atoms with Crippen molar-refractivity contribution in [3.8, 4) is 5.75 Å². The van der Waals surface area contributed by atoms with Gasteiger partial charge in [-0.3, -0.25) is 9.71 Å². The second-order valence-electron chi connectivity index (χ2n) is 8.00. The number of anilines is 1. The zero-order valence-corrected chi connectivity index (χ0v) is 21.9. The molecule has 1 fully saturated rings. The van der Waals surface area contributed by atoms with Crippen LogP contribution in [0.3, 0.4) is 0 Å². The zero-order chi connectivity index (χ0) is 23.1. The van der Waals surface area contributed by atoms with E-state index in [4.69, 9.17) is 15.9 Å². The van der Waals surface area contributed by atoms with Gasteiger partial charge in [0.2, 0.25) is 10.0 Å². The lowest BCUT2D eigenvalue weighted by molar-refractivity contribution is 0.162. The Morgan fingerprint density at radius 1 is 1.18 bits per heavy atom.